The van der Waals surface area contributed by atoms with Gasteiger partial charge < -0.3 is 46.4 Å². The normalized spacial score (nSPS) is 20.5. The number of nitrogens with zero attached hydrogens (tertiary/aromatic N) is 7. The molecule has 520 valence electrons. The third kappa shape index (κ3) is 16.5. The number of rotatable bonds is 30. The number of nitrogens with one attached hydrogen (secondary N) is 4. The van der Waals surface area contributed by atoms with Crippen LogP contribution >= 0.6 is 11.3 Å². The molecule has 7 aromatic rings. The molecule has 4 fully saturated rings. The van der Waals surface area contributed by atoms with Gasteiger partial charge >= 0.3 is 18.1 Å². The highest BCUT2D eigenvalue weighted by molar-refractivity contribution is 7.22. The van der Waals surface area contributed by atoms with E-state index in [0.717, 1.165) is 59.3 Å². The zero-order valence-electron chi connectivity index (χ0n) is 56.5. The first-order valence-corrected chi connectivity index (χ1v) is 34.4. The van der Waals surface area contributed by atoms with Crippen molar-refractivity contribution in [2.45, 2.75) is 143 Å². The Labute approximate surface area is 576 Å². The van der Waals surface area contributed by atoms with Crippen LogP contribution in [0, 0.1) is 40.2 Å². The van der Waals surface area contributed by atoms with Gasteiger partial charge in [-0.25, -0.2) is 24.4 Å². The summed E-state index contributed by atoms with van der Waals surface area (Å²) in [6.45, 7) is 11.8. The lowest BCUT2D eigenvalue weighted by Gasteiger charge is -2.69. The number of carboxylic acids is 1. The first kappa shape index (κ1) is 70.4. The summed E-state index contributed by atoms with van der Waals surface area (Å²) in [5.74, 6) is -4.64. The molecule has 25 nitrogen and oxygen atoms in total. The minimum atomic E-state index is -1.22. The van der Waals surface area contributed by atoms with Gasteiger partial charge in [0.15, 0.2) is 29.0 Å². The molecule has 1 aliphatic heterocycles. The molecule has 8 amide bonds. The standard InChI is InChI=1S/C73H84N12O13S/c1-44(2)62(80-59(87)16-8-7-11-28-84-60(88)25-26-61(84)89)57(86)32-48(13-12-27-75-67(74)94)64(90)77-50-21-17-46(18-22-50)36-97-69(95)82(6)29-30-98-73-40-70(4)37-71(5,41-73)39-72(38-70,42-73)43-85-45(3)53(33-76-85)51-23-24-55(78-63(51)66(92)93)47-19-20-49-34-83(96)35-54(52(49)31-47)65(91)81-68-79-56-14-9-10-15-58(56)99-68/h9-10,14-15,17-26,31,33-35,44,48,62H,7-8,11-13,16,27-30,32,36-43H2,1-6H3,(H,77,90)(H,80,87)(H,92,93)(H3,74,75,94)(H,79,81,91)/t48-,62+,70?,71?,72?,73?/m1/s1. The maximum Gasteiger partial charge on any atom is 0.409 e. The van der Waals surface area contributed by atoms with E-state index in [1.807, 2.05) is 35.9 Å². The van der Waals surface area contributed by atoms with E-state index in [2.05, 4.69) is 40.1 Å². The number of primary amides is 1. The number of carboxylic acid groups (broad SMARTS) is 1. The number of aromatic nitrogens is 5. The highest BCUT2D eigenvalue weighted by Gasteiger charge is 2.66. The number of nitrogens with two attached hydrogens (primary N) is 1. The third-order valence-corrected chi connectivity index (χ3v) is 20.6. The molecule has 7 N–H and O–H groups in total. The fourth-order valence-electron chi connectivity index (χ4n) is 16.2. The zero-order chi connectivity index (χ0) is 70.6. The second kappa shape index (κ2) is 29.2. The Balaban J connectivity index is 0.677. The summed E-state index contributed by atoms with van der Waals surface area (Å²) in [4.78, 5) is 128. The number of Topliss-reactive ketones (excluding diaryl/α,β-unsaturated/α-hetero) is 1. The summed E-state index contributed by atoms with van der Waals surface area (Å²) in [6, 6.07) is 21.4. The maximum absolute atomic E-state index is 13.9. The van der Waals surface area contributed by atoms with Crippen LogP contribution in [0.25, 0.3) is 43.4 Å². The number of urea groups is 1. The molecule has 4 atom stereocenters. The number of imide groups is 1. The molecule has 0 spiro atoms. The van der Waals surface area contributed by atoms with Crippen molar-refractivity contribution in [1.82, 2.24) is 40.2 Å². The van der Waals surface area contributed by atoms with Crippen LogP contribution in [-0.4, -0.2) is 133 Å². The molecule has 4 bridgehead atoms. The van der Waals surface area contributed by atoms with Crippen LogP contribution in [0.3, 0.4) is 0 Å². The number of amides is 8. The second-order valence-electron chi connectivity index (χ2n) is 28.4. The Morgan fingerprint density at radius 2 is 1.59 bits per heavy atom. The van der Waals surface area contributed by atoms with Crippen molar-refractivity contribution >= 4 is 96.6 Å². The molecular formula is C73H84N12O13S. The van der Waals surface area contributed by atoms with Crippen molar-refractivity contribution in [1.29, 1.82) is 0 Å². The van der Waals surface area contributed by atoms with Gasteiger partial charge in [-0.1, -0.05) is 75.8 Å². The fourth-order valence-corrected chi connectivity index (χ4v) is 17.1. The van der Waals surface area contributed by atoms with Gasteiger partial charge in [0.1, 0.15) is 12.2 Å². The first-order valence-electron chi connectivity index (χ1n) is 33.6. The summed E-state index contributed by atoms with van der Waals surface area (Å²) in [6.07, 6.45) is 13.9. The largest absolute Gasteiger partial charge is 0.619 e. The van der Waals surface area contributed by atoms with Crippen LogP contribution < -0.4 is 31.7 Å². The number of hydrogen-bond donors (Lipinski definition) is 6. The van der Waals surface area contributed by atoms with E-state index in [4.69, 9.17) is 25.3 Å². The minimum absolute atomic E-state index is 0.0130. The number of benzene rings is 3. The summed E-state index contributed by atoms with van der Waals surface area (Å²) >= 11 is 1.32. The van der Waals surface area contributed by atoms with Crippen molar-refractivity contribution in [3.05, 3.63) is 137 Å². The molecule has 0 radical (unpaired) electrons. The Morgan fingerprint density at radius 1 is 0.848 bits per heavy atom. The van der Waals surface area contributed by atoms with Crippen molar-refractivity contribution in [3.8, 4) is 22.4 Å². The smallest absolute Gasteiger partial charge is 0.409 e. The minimum Gasteiger partial charge on any atom is -0.619 e. The lowest BCUT2D eigenvalue weighted by atomic mass is 9.39. The van der Waals surface area contributed by atoms with E-state index >= 15 is 0 Å². The number of carbonyl (C=O) groups is 9. The Morgan fingerprint density at radius 3 is 2.29 bits per heavy atom. The molecule has 26 heteroatoms. The predicted octanol–water partition coefficient (Wildman–Crippen LogP) is 10.3. The van der Waals surface area contributed by atoms with Crippen LogP contribution in [0.2, 0.25) is 0 Å². The first-order chi connectivity index (χ1) is 47.2. The number of ketones is 1. The van der Waals surface area contributed by atoms with Crippen LogP contribution in [0.5, 0.6) is 0 Å². The fraction of sp³-hybridized carbons (Fsp3) is 0.438. The number of carbonyl (C=O) groups excluding carboxylic acids is 8. The van der Waals surface area contributed by atoms with Crippen molar-refractivity contribution in [3.63, 3.8) is 0 Å². The van der Waals surface area contributed by atoms with E-state index < -0.39 is 47.5 Å². The van der Waals surface area contributed by atoms with E-state index in [1.165, 1.54) is 40.8 Å². The Hall–Kier alpha value is -9.95. The number of unbranched alkanes of at least 4 members (excludes halogenated alkanes) is 2. The molecule has 4 aromatic heterocycles. The molecular weight excluding hydrogens is 1280 g/mol. The molecule has 5 aliphatic rings. The van der Waals surface area contributed by atoms with Crippen LogP contribution in [0.4, 0.5) is 20.4 Å². The van der Waals surface area contributed by atoms with E-state index in [1.54, 1.807) is 81.7 Å². The van der Waals surface area contributed by atoms with Gasteiger partial charge in [-0.15, -0.1) is 0 Å². The molecule has 4 saturated carbocycles. The SMILES string of the molecule is Cc1c(-c2ccc(-c3ccc4c[n+]([O-])cc(C(=O)Nc5nc6ccccc6s5)c4c3)nc2C(=O)O)cnn1CC12CC3(C)CC(C)(C1)CC(OCCN(C)C(=O)OCc1ccc(NC(=O)[C@H](CCCNC(N)=O)CC(=O)[C@@H](NC(=O)CCCCCN4C(=O)C=CC4=O)C(C)C)cc1)(C3)C2. The highest BCUT2D eigenvalue weighted by atomic mass is 32.1. The number of anilines is 2. The van der Waals surface area contributed by atoms with Gasteiger partial charge in [-0.05, 0) is 147 Å². The van der Waals surface area contributed by atoms with Crippen molar-refractivity contribution < 1.29 is 62.5 Å². The number of para-hydroxylation sites is 1. The number of ether oxygens (including phenoxy) is 2. The van der Waals surface area contributed by atoms with Crippen LogP contribution in [0.1, 0.15) is 143 Å². The average Bonchev–Trinajstić information content (AvgIpc) is 0.846. The summed E-state index contributed by atoms with van der Waals surface area (Å²) in [7, 11) is 1.67. The van der Waals surface area contributed by atoms with E-state index in [9.17, 15) is 53.5 Å². The van der Waals surface area contributed by atoms with E-state index in [0.29, 0.717) is 86.5 Å². The molecule has 5 heterocycles. The number of likely N-dealkylation sites (N-methyl/N-ethyl adjacent to an activating group) is 1. The number of hydrogen-bond acceptors (Lipinski definition) is 16. The van der Waals surface area contributed by atoms with Crippen LogP contribution in [-0.2, 0) is 46.6 Å². The van der Waals surface area contributed by atoms with Gasteiger partial charge in [0.2, 0.25) is 11.8 Å². The highest BCUT2D eigenvalue weighted by Crippen LogP contribution is 2.72. The Kier molecular flexibility index (Phi) is 20.8. The molecule has 99 heavy (non-hydrogen) atoms. The molecule has 4 aliphatic carbocycles. The van der Waals surface area contributed by atoms with Crippen molar-refractivity contribution in [2.24, 2.45) is 33.8 Å². The quantitative estimate of drug-likeness (QED) is 0.0105. The molecule has 12 rings (SSSR count). The molecule has 2 unspecified atom stereocenters. The number of fused-ring (bicyclic) bond motifs is 2. The monoisotopic (exact) mass is 1370 g/mol. The topological polar surface area (TPSA) is 343 Å². The Bertz CT molecular complexity index is 4270. The number of thiazole rings is 1. The summed E-state index contributed by atoms with van der Waals surface area (Å²) in [5.41, 5.74) is 9.15. The van der Waals surface area contributed by atoms with Gasteiger partial charge in [0, 0.05) is 103 Å². The molecule has 3 aromatic carbocycles. The van der Waals surface area contributed by atoms with Crippen LogP contribution in [0.15, 0.2) is 110 Å². The third-order valence-electron chi connectivity index (χ3n) is 19.6. The predicted molar refractivity (Wildman–Crippen MR) is 371 cm³/mol. The van der Waals surface area contributed by atoms with E-state index in [-0.39, 0.29) is 109 Å². The lowest BCUT2D eigenvalue weighted by molar-refractivity contribution is -0.604. The maximum atomic E-state index is 13.9. The number of aromatic carboxylic acids is 1. The van der Waals surface area contributed by atoms with Gasteiger partial charge in [0.05, 0.1) is 40.4 Å². The second-order valence-corrected chi connectivity index (χ2v) is 29.4. The summed E-state index contributed by atoms with van der Waals surface area (Å²) < 4.78 is 16.2. The number of pyridine rings is 2. The van der Waals surface area contributed by atoms with Crippen molar-refractivity contribution in [2.75, 3.05) is 43.9 Å². The zero-order valence-corrected chi connectivity index (χ0v) is 57.3. The average molecular weight is 1370 g/mol. The van der Waals surface area contributed by atoms with Gasteiger partial charge in [0.25, 0.3) is 17.7 Å². The van der Waals surface area contributed by atoms with Gasteiger partial charge in [-0.2, -0.15) is 9.83 Å². The summed E-state index contributed by atoms with van der Waals surface area (Å²) in [5, 5.41) is 40.8. The lowest BCUT2D eigenvalue weighted by Crippen LogP contribution is -2.64. The molecule has 0 saturated heterocycles. The van der Waals surface area contributed by atoms with Gasteiger partial charge in [-0.3, -0.25) is 43.7 Å².